The maximum atomic E-state index is 3.49. The summed E-state index contributed by atoms with van der Waals surface area (Å²) in [6.07, 6.45) is 0. The fourth-order valence-electron chi connectivity index (χ4n) is 3.05. The normalized spacial score (nSPS) is 18.5. The van der Waals surface area contributed by atoms with Gasteiger partial charge in [-0.05, 0) is 38.1 Å². The van der Waals surface area contributed by atoms with E-state index in [-0.39, 0.29) is 0 Å². The summed E-state index contributed by atoms with van der Waals surface area (Å²) in [5.41, 5.74) is 2.57. The van der Waals surface area contributed by atoms with Crippen LogP contribution in [-0.2, 0) is 0 Å². The third kappa shape index (κ3) is 2.30. The number of likely N-dealkylation sites (N-methyl/N-ethyl adjacent to an activating group) is 2. The average Bonchev–Trinajstić information content (AvgIpc) is 3.15. The van der Waals surface area contributed by atoms with Gasteiger partial charge in [0.05, 0.1) is 24.2 Å². The zero-order chi connectivity index (χ0) is 13.9. The molecule has 0 saturated heterocycles. The molecule has 0 spiro atoms. The second kappa shape index (κ2) is 5.65. The Morgan fingerprint density at radius 1 is 0.800 bits per heavy atom. The molecule has 0 aromatic heterocycles. The van der Waals surface area contributed by atoms with E-state index in [0.29, 0.717) is 0 Å². The van der Waals surface area contributed by atoms with Crippen LogP contribution in [0.15, 0.2) is 24.3 Å². The Hall–Kier alpha value is -1.84. The minimum atomic E-state index is 1.05. The van der Waals surface area contributed by atoms with Gasteiger partial charge in [0.2, 0.25) is 0 Å². The summed E-state index contributed by atoms with van der Waals surface area (Å²) in [5.74, 6) is 2.55. The van der Waals surface area contributed by atoms with E-state index >= 15 is 0 Å². The smallest absolute Gasteiger partial charge is 0.270 e. The van der Waals surface area contributed by atoms with Crippen molar-refractivity contribution in [2.45, 2.75) is 13.8 Å². The number of hydrogen-bond donors (Lipinski definition) is 2. The van der Waals surface area contributed by atoms with Crippen molar-refractivity contribution in [3.63, 3.8) is 0 Å². The van der Waals surface area contributed by atoms with Gasteiger partial charge in [-0.25, -0.2) is 0 Å². The Morgan fingerprint density at radius 2 is 1.20 bits per heavy atom. The Morgan fingerprint density at radius 3 is 1.55 bits per heavy atom. The molecule has 3 rings (SSSR count). The lowest BCUT2D eigenvalue weighted by Gasteiger charge is -2.04. The highest BCUT2D eigenvalue weighted by Crippen LogP contribution is 2.09. The van der Waals surface area contributed by atoms with E-state index in [9.17, 15) is 0 Å². The quantitative estimate of drug-likeness (QED) is 0.780. The molecule has 0 radical (unpaired) electrons. The van der Waals surface area contributed by atoms with E-state index in [1.54, 1.807) is 0 Å². The minimum Gasteiger partial charge on any atom is -0.270 e. The molecule has 2 aliphatic rings. The molecule has 0 fully saturated rings. The van der Waals surface area contributed by atoms with Gasteiger partial charge in [0.15, 0.2) is 0 Å². The lowest BCUT2D eigenvalue weighted by Crippen LogP contribution is -2.26. The Bertz CT molecular complexity index is 503. The van der Waals surface area contributed by atoms with Crippen molar-refractivity contribution in [2.24, 2.45) is 0 Å². The largest absolute Gasteiger partial charge is 0.277 e. The highest BCUT2D eigenvalue weighted by Gasteiger charge is 2.24. The van der Waals surface area contributed by atoms with Crippen molar-refractivity contribution in [3.05, 3.63) is 35.4 Å². The van der Waals surface area contributed by atoms with E-state index in [0.717, 1.165) is 39.3 Å². The SMILES string of the molecule is CC[N+]1=C(c2ccc(C3=[N+](CC)CCN3)cc2)NCC1. The molecule has 2 N–H and O–H groups in total. The van der Waals surface area contributed by atoms with Crippen LogP contribution in [0.25, 0.3) is 0 Å². The van der Waals surface area contributed by atoms with Crippen molar-refractivity contribution < 1.29 is 9.15 Å². The van der Waals surface area contributed by atoms with Gasteiger partial charge in [0.1, 0.15) is 26.2 Å². The van der Waals surface area contributed by atoms with Gasteiger partial charge in [-0.1, -0.05) is 0 Å². The van der Waals surface area contributed by atoms with Crippen LogP contribution in [0.4, 0.5) is 0 Å². The summed E-state index contributed by atoms with van der Waals surface area (Å²) in [6, 6.07) is 8.91. The van der Waals surface area contributed by atoms with Gasteiger partial charge in [-0.2, -0.15) is 0 Å². The Kier molecular flexibility index (Phi) is 3.72. The summed E-state index contributed by atoms with van der Waals surface area (Å²) in [6.45, 7) is 10.9. The molecule has 106 valence electrons. The van der Waals surface area contributed by atoms with Gasteiger partial charge >= 0.3 is 0 Å². The highest BCUT2D eigenvalue weighted by atomic mass is 15.2. The predicted molar refractivity (Wildman–Crippen MR) is 82.0 cm³/mol. The second-order valence-electron chi connectivity index (χ2n) is 5.29. The number of amidine groups is 2. The van der Waals surface area contributed by atoms with Crippen LogP contribution in [0.2, 0.25) is 0 Å². The fraction of sp³-hybridized carbons (Fsp3) is 0.500. The molecule has 1 aromatic rings. The third-order valence-corrected chi connectivity index (χ3v) is 4.18. The zero-order valence-corrected chi connectivity index (χ0v) is 12.4. The first kappa shape index (κ1) is 13.2. The van der Waals surface area contributed by atoms with E-state index in [1.165, 1.54) is 22.8 Å². The molecule has 1 aromatic carbocycles. The van der Waals surface area contributed by atoms with E-state index in [2.05, 4.69) is 57.9 Å². The van der Waals surface area contributed by atoms with Crippen molar-refractivity contribution in [2.75, 3.05) is 39.3 Å². The first-order chi connectivity index (χ1) is 9.83. The maximum absolute atomic E-state index is 3.49. The molecule has 20 heavy (non-hydrogen) atoms. The summed E-state index contributed by atoms with van der Waals surface area (Å²) in [5, 5.41) is 6.99. The summed E-state index contributed by atoms with van der Waals surface area (Å²) in [4.78, 5) is 0. The van der Waals surface area contributed by atoms with Crippen molar-refractivity contribution >= 4 is 11.7 Å². The Labute approximate surface area is 120 Å². The number of rotatable bonds is 4. The van der Waals surface area contributed by atoms with Crippen molar-refractivity contribution in [3.8, 4) is 0 Å². The zero-order valence-electron chi connectivity index (χ0n) is 12.4. The second-order valence-corrected chi connectivity index (χ2v) is 5.29. The fourth-order valence-corrected chi connectivity index (χ4v) is 3.05. The molecule has 0 unspecified atom stereocenters. The van der Waals surface area contributed by atoms with Crippen LogP contribution in [0, 0.1) is 0 Å². The number of benzene rings is 1. The van der Waals surface area contributed by atoms with E-state index < -0.39 is 0 Å². The first-order valence-electron chi connectivity index (χ1n) is 7.65. The molecule has 0 atom stereocenters. The van der Waals surface area contributed by atoms with Crippen molar-refractivity contribution in [1.82, 2.24) is 10.6 Å². The van der Waals surface area contributed by atoms with Crippen LogP contribution < -0.4 is 10.6 Å². The molecule has 2 aliphatic heterocycles. The van der Waals surface area contributed by atoms with Gasteiger partial charge < -0.3 is 0 Å². The molecule has 0 saturated carbocycles. The standard InChI is InChI=1S/C16H22N4/c1-3-19-11-9-17-15(19)13-5-7-14(8-6-13)16-18-10-12-20(16)4-2/h5-8H,3-4,9-12H2,1-2H3/p+2. The monoisotopic (exact) mass is 272 g/mol. The molecule has 0 amide bonds. The molecular formula is C16H24N4+2. The Balaban J connectivity index is 1.89. The van der Waals surface area contributed by atoms with Crippen molar-refractivity contribution in [1.29, 1.82) is 0 Å². The number of nitrogens with one attached hydrogen (secondary N) is 2. The lowest BCUT2D eigenvalue weighted by molar-refractivity contribution is -0.513. The number of nitrogens with zero attached hydrogens (tertiary/aromatic N) is 2. The van der Waals surface area contributed by atoms with Crippen LogP contribution in [0.3, 0.4) is 0 Å². The van der Waals surface area contributed by atoms with E-state index in [4.69, 9.17) is 0 Å². The molecule has 4 heteroatoms. The molecule has 2 heterocycles. The van der Waals surface area contributed by atoms with Crippen LogP contribution in [0.5, 0.6) is 0 Å². The topological polar surface area (TPSA) is 30.1 Å². The summed E-state index contributed by atoms with van der Waals surface area (Å²) < 4.78 is 4.79. The third-order valence-electron chi connectivity index (χ3n) is 4.18. The van der Waals surface area contributed by atoms with Crippen LogP contribution in [-0.4, -0.2) is 60.1 Å². The van der Waals surface area contributed by atoms with Gasteiger partial charge in [0, 0.05) is 0 Å². The predicted octanol–water partition coefficient (Wildman–Crippen LogP) is 0.451. The minimum absolute atomic E-state index is 1.05. The van der Waals surface area contributed by atoms with Crippen LogP contribution in [0.1, 0.15) is 25.0 Å². The lowest BCUT2D eigenvalue weighted by atomic mass is 10.1. The molecule has 4 nitrogen and oxygen atoms in total. The van der Waals surface area contributed by atoms with Gasteiger partial charge in [-0.15, -0.1) is 0 Å². The first-order valence-corrected chi connectivity index (χ1v) is 7.65. The molecular weight excluding hydrogens is 248 g/mol. The molecule has 0 aliphatic carbocycles. The van der Waals surface area contributed by atoms with E-state index in [1.807, 2.05) is 0 Å². The summed E-state index contributed by atoms with van der Waals surface area (Å²) >= 11 is 0. The molecule has 0 bridgehead atoms. The highest BCUT2D eigenvalue weighted by molar-refractivity contribution is 5.99. The summed E-state index contributed by atoms with van der Waals surface area (Å²) in [7, 11) is 0. The number of hydrogen-bond acceptors (Lipinski definition) is 2. The average molecular weight is 272 g/mol. The van der Waals surface area contributed by atoms with Gasteiger partial charge in [-0.3, -0.25) is 19.8 Å². The van der Waals surface area contributed by atoms with Gasteiger partial charge in [0.25, 0.3) is 11.7 Å². The maximum Gasteiger partial charge on any atom is 0.277 e. The van der Waals surface area contributed by atoms with Crippen LogP contribution >= 0.6 is 0 Å².